The molecule has 0 atom stereocenters. The summed E-state index contributed by atoms with van der Waals surface area (Å²) in [5.41, 5.74) is 0.936. The maximum atomic E-state index is 12.2. The molecule has 23 heavy (non-hydrogen) atoms. The Morgan fingerprint density at radius 3 is 2.57 bits per heavy atom. The molecule has 1 amide bonds. The third-order valence-corrected chi connectivity index (χ3v) is 3.64. The molecule has 0 aliphatic carbocycles. The molecule has 8 heteroatoms. The van der Waals surface area contributed by atoms with E-state index in [2.05, 4.69) is 15.5 Å². The molecule has 3 aromatic rings. The van der Waals surface area contributed by atoms with Crippen molar-refractivity contribution in [2.75, 3.05) is 5.32 Å². The zero-order chi connectivity index (χ0) is 16.6. The van der Waals surface area contributed by atoms with E-state index in [4.69, 9.17) is 32.0 Å². The summed E-state index contributed by atoms with van der Waals surface area (Å²) in [5, 5.41) is 10.9. The topological polar surface area (TPSA) is 81.2 Å². The van der Waals surface area contributed by atoms with Gasteiger partial charge in [-0.2, -0.15) is 0 Å². The van der Waals surface area contributed by atoms with Gasteiger partial charge in [-0.25, -0.2) is 0 Å². The van der Waals surface area contributed by atoms with Crippen LogP contribution in [0.4, 0.5) is 6.01 Å². The Hall–Kier alpha value is -2.31. The van der Waals surface area contributed by atoms with E-state index in [1.165, 1.54) is 12.1 Å². The second-order valence-corrected chi connectivity index (χ2v) is 5.66. The van der Waals surface area contributed by atoms with Crippen molar-refractivity contribution in [1.82, 2.24) is 10.2 Å². The van der Waals surface area contributed by atoms with Gasteiger partial charge in [-0.3, -0.25) is 10.1 Å². The average molecular weight is 352 g/mol. The Morgan fingerprint density at radius 2 is 1.91 bits per heavy atom. The second-order valence-electron chi connectivity index (χ2n) is 4.82. The van der Waals surface area contributed by atoms with Crippen LogP contribution in [-0.4, -0.2) is 16.1 Å². The van der Waals surface area contributed by atoms with Gasteiger partial charge in [-0.1, -0.05) is 28.3 Å². The van der Waals surface area contributed by atoms with Gasteiger partial charge in [-0.15, -0.1) is 5.10 Å². The molecule has 118 valence electrons. The smallest absolute Gasteiger partial charge is 0.322 e. The number of hydrogen-bond acceptors (Lipinski definition) is 5. The first-order valence-corrected chi connectivity index (χ1v) is 7.37. The summed E-state index contributed by atoms with van der Waals surface area (Å²) in [6.07, 6.45) is 0. The van der Waals surface area contributed by atoms with Gasteiger partial charge < -0.3 is 8.83 Å². The number of hydrogen-bond donors (Lipinski definition) is 1. The SMILES string of the molecule is Cc1cc(-c2nnc(NC(=O)c3ccc(Cl)cc3Cl)o2)c(C)o1. The Bertz CT molecular complexity index is 886. The summed E-state index contributed by atoms with van der Waals surface area (Å²) in [5.74, 6) is 1.18. The second kappa shape index (κ2) is 6.06. The number of nitrogens with zero attached hydrogens (tertiary/aromatic N) is 2. The zero-order valence-corrected chi connectivity index (χ0v) is 13.7. The number of halogens is 2. The van der Waals surface area contributed by atoms with Gasteiger partial charge in [0, 0.05) is 5.02 Å². The molecule has 3 rings (SSSR count). The van der Waals surface area contributed by atoms with Crippen LogP contribution in [0.15, 0.2) is 33.1 Å². The van der Waals surface area contributed by atoms with E-state index in [0.29, 0.717) is 16.3 Å². The summed E-state index contributed by atoms with van der Waals surface area (Å²) in [6.45, 7) is 3.61. The molecule has 0 saturated heterocycles. The lowest BCUT2D eigenvalue weighted by atomic mass is 10.2. The molecule has 0 saturated carbocycles. The van der Waals surface area contributed by atoms with E-state index in [0.717, 1.165) is 5.76 Å². The number of carbonyl (C=O) groups is 1. The zero-order valence-electron chi connectivity index (χ0n) is 12.2. The van der Waals surface area contributed by atoms with Crippen molar-refractivity contribution < 1.29 is 13.6 Å². The normalized spacial score (nSPS) is 10.8. The van der Waals surface area contributed by atoms with Crippen LogP contribution in [0, 0.1) is 13.8 Å². The van der Waals surface area contributed by atoms with E-state index in [1.807, 2.05) is 6.92 Å². The average Bonchev–Trinajstić information content (AvgIpc) is 3.05. The number of nitrogens with one attached hydrogen (secondary N) is 1. The van der Waals surface area contributed by atoms with Crippen LogP contribution in [0.25, 0.3) is 11.5 Å². The van der Waals surface area contributed by atoms with E-state index in [9.17, 15) is 4.79 Å². The maximum Gasteiger partial charge on any atom is 0.322 e. The number of aryl methyl sites for hydroxylation is 2. The first-order valence-electron chi connectivity index (χ1n) is 6.61. The van der Waals surface area contributed by atoms with Gasteiger partial charge >= 0.3 is 6.01 Å². The van der Waals surface area contributed by atoms with Crippen LogP contribution < -0.4 is 5.32 Å². The highest BCUT2D eigenvalue weighted by Gasteiger charge is 2.17. The van der Waals surface area contributed by atoms with Crippen LogP contribution in [0.2, 0.25) is 10.0 Å². The monoisotopic (exact) mass is 351 g/mol. The molecule has 0 aliphatic heterocycles. The number of aromatic nitrogens is 2. The molecule has 0 fully saturated rings. The molecular formula is C15H11Cl2N3O3. The van der Waals surface area contributed by atoms with E-state index < -0.39 is 5.91 Å². The number of benzene rings is 1. The van der Waals surface area contributed by atoms with Gasteiger partial charge in [-0.05, 0) is 38.1 Å². The van der Waals surface area contributed by atoms with E-state index >= 15 is 0 Å². The number of anilines is 1. The summed E-state index contributed by atoms with van der Waals surface area (Å²) in [6, 6.07) is 6.31. The third-order valence-electron chi connectivity index (χ3n) is 3.09. The Morgan fingerprint density at radius 1 is 1.13 bits per heavy atom. The third kappa shape index (κ3) is 3.23. The van der Waals surface area contributed by atoms with Crippen molar-refractivity contribution in [3.63, 3.8) is 0 Å². The molecule has 1 aromatic carbocycles. The minimum atomic E-state index is -0.470. The van der Waals surface area contributed by atoms with Crippen molar-refractivity contribution in [1.29, 1.82) is 0 Å². The molecule has 0 spiro atoms. The lowest BCUT2D eigenvalue weighted by molar-refractivity contribution is 0.102. The first kappa shape index (κ1) is 15.6. The molecule has 0 bridgehead atoms. The van der Waals surface area contributed by atoms with Crippen molar-refractivity contribution in [3.05, 3.63) is 51.4 Å². The molecule has 2 heterocycles. The van der Waals surface area contributed by atoms with Crippen LogP contribution in [0.5, 0.6) is 0 Å². The number of carbonyl (C=O) groups excluding carboxylic acids is 1. The fourth-order valence-electron chi connectivity index (χ4n) is 2.06. The van der Waals surface area contributed by atoms with Crippen LogP contribution in [0.1, 0.15) is 21.9 Å². The van der Waals surface area contributed by atoms with Gasteiger partial charge in [0.05, 0.1) is 16.1 Å². The fraction of sp³-hybridized carbons (Fsp3) is 0.133. The lowest BCUT2D eigenvalue weighted by Gasteiger charge is -2.03. The minimum absolute atomic E-state index is 0.0331. The highest BCUT2D eigenvalue weighted by atomic mass is 35.5. The molecule has 0 unspecified atom stereocenters. The van der Waals surface area contributed by atoms with Gasteiger partial charge in [0.25, 0.3) is 11.8 Å². The standard InChI is InChI=1S/C15H11Cl2N3O3/c1-7-5-11(8(2)22-7)14-19-20-15(23-14)18-13(21)10-4-3-9(16)6-12(10)17/h3-6H,1-2H3,(H,18,20,21). The van der Waals surface area contributed by atoms with E-state index in [-0.39, 0.29) is 22.5 Å². The lowest BCUT2D eigenvalue weighted by Crippen LogP contribution is -2.12. The molecular weight excluding hydrogens is 341 g/mol. The highest BCUT2D eigenvalue weighted by molar-refractivity contribution is 6.37. The predicted molar refractivity (Wildman–Crippen MR) is 85.9 cm³/mol. The van der Waals surface area contributed by atoms with Crippen LogP contribution >= 0.6 is 23.2 Å². The fourth-order valence-corrected chi connectivity index (χ4v) is 2.56. The first-order chi connectivity index (χ1) is 10.9. The minimum Gasteiger partial charge on any atom is -0.466 e. The molecule has 2 aromatic heterocycles. The summed E-state index contributed by atoms with van der Waals surface area (Å²) in [4.78, 5) is 12.2. The van der Waals surface area contributed by atoms with Crippen LogP contribution in [0.3, 0.4) is 0 Å². The maximum absolute atomic E-state index is 12.2. The summed E-state index contributed by atoms with van der Waals surface area (Å²) < 4.78 is 10.8. The number of furan rings is 1. The Kier molecular flexibility index (Phi) is 4.11. The van der Waals surface area contributed by atoms with Crippen molar-refractivity contribution in [3.8, 4) is 11.5 Å². The van der Waals surface area contributed by atoms with E-state index in [1.54, 1.807) is 19.1 Å². The van der Waals surface area contributed by atoms with Crippen molar-refractivity contribution in [2.24, 2.45) is 0 Å². The summed E-state index contributed by atoms with van der Waals surface area (Å²) in [7, 11) is 0. The van der Waals surface area contributed by atoms with Crippen LogP contribution in [-0.2, 0) is 0 Å². The Labute approximate surface area is 141 Å². The largest absolute Gasteiger partial charge is 0.466 e. The van der Waals surface area contributed by atoms with Gasteiger partial charge in [0.1, 0.15) is 11.5 Å². The van der Waals surface area contributed by atoms with Gasteiger partial charge in [0.15, 0.2) is 0 Å². The molecule has 0 aliphatic rings. The van der Waals surface area contributed by atoms with Crippen molar-refractivity contribution in [2.45, 2.75) is 13.8 Å². The quantitative estimate of drug-likeness (QED) is 0.750. The number of amides is 1. The van der Waals surface area contributed by atoms with Crippen molar-refractivity contribution >= 4 is 35.1 Å². The summed E-state index contributed by atoms with van der Waals surface area (Å²) >= 11 is 11.8. The highest BCUT2D eigenvalue weighted by Crippen LogP contribution is 2.27. The number of rotatable bonds is 3. The molecule has 0 radical (unpaired) electrons. The Balaban J connectivity index is 1.81. The molecule has 6 nitrogen and oxygen atoms in total. The predicted octanol–water partition coefficient (Wildman–Crippen LogP) is 4.51. The molecule has 1 N–H and O–H groups in total. The van der Waals surface area contributed by atoms with Gasteiger partial charge in [0.2, 0.25) is 0 Å².